The van der Waals surface area contributed by atoms with Crippen molar-refractivity contribution in [2.45, 2.75) is 63.7 Å². The topological polar surface area (TPSA) is 128 Å². The largest absolute Gasteiger partial charge is 0.470 e. The van der Waals surface area contributed by atoms with E-state index in [1.807, 2.05) is 6.07 Å². The van der Waals surface area contributed by atoms with Crippen LogP contribution in [0.1, 0.15) is 51.5 Å². The SMILES string of the molecule is CCS(=O)(=O)N1CCC(Nc2ncc(C#N)c(OC3CCCC3(C)O)n2)CC1. The van der Waals surface area contributed by atoms with Crippen LogP contribution in [-0.4, -0.2) is 64.4 Å². The zero-order chi connectivity index (χ0) is 20.4. The maximum Gasteiger partial charge on any atom is 0.236 e. The maximum atomic E-state index is 12.0. The van der Waals surface area contributed by atoms with Gasteiger partial charge in [0.25, 0.3) is 0 Å². The summed E-state index contributed by atoms with van der Waals surface area (Å²) in [7, 11) is -3.16. The number of ether oxygens (including phenoxy) is 1. The molecule has 2 fully saturated rings. The highest BCUT2D eigenvalue weighted by Crippen LogP contribution is 2.33. The van der Waals surface area contributed by atoms with E-state index in [9.17, 15) is 18.8 Å². The second-order valence-corrected chi connectivity index (χ2v) is 9.86. The fraction of sp³-hybridized carbons (Fsp3) is 0.722. The van der Waals surface area contributed by atoms with Gasteiger partial charge in [0.15, 0.2) is 0 Å². The number of nitrogens with zero attached hydrogens (tertiary/aromatic N) is 4. The van der Waals surface area contributed by atoms with Crippen LogP contribution in [0.3, 0.4) is 0 Å². The van der Waals surface area contributed by atoms with Crippen LogP contribution >= 0.6 is 0 Å². The molecule has 9 nitrogen and oxygen atoms in total. The van der Waals surface area contributed by atoms with Crippen LogP contribution < -0.4 is 10.1 Å². The highest BCUT2D eigenvalue weighted by atomic mass is 32.2. The molecule has 2 atom stereocenters. The summed E-state index contributed by atoms with van der Waals surface area (Å²) in [5.74, 6) is 0.608. The third kappa shape index (κ3) is 4.54. The Morgan fingerprint density at radius 1 is 1.43 bits per heavy atom. The van der Waals surface area contributed by atoms with Crippen LogP contribution in [0.15, 0.2) is 6.20 Å². The van der Waals surface area contributed by atoms with Crippen molar-refractivity contribution in [3.8, 4) is 11.9 Å². The molecule has 2 heterocycles. The first-order valence-corrected chi connectivity index (χ1v) is 11.3. The molecule has 1 saturated carbocycles. The zero-order valence-corrected chi connectivity index (χ0v) is 17.1. The highest BCUT2D eigenvalue weighted by molar-refractivity contribution is 7.89. The van der Waals surface area contributed by atoms with E-state index < -0.39 is 21.7 Å². The number of anilines is 1. The smallest absolute Gasteiger partial charge is 0.236 e. The van der Waals surface area contributed by atoms with E-state index in [0.29, 0.717) is 44.7 Å². The Morgan fingerprint density at radius 3 is 2.71 bits per heavy atom. The van der Waals surface area contributed by atoms with Gasteiger partial charge >= 0.3 is 0 Å². The second-order valence-electron chi connectivity index (χ2n) is 7.60. The van der Waals surface area contributed by atoms with Crippen molar-refractivity contribution < 1.29 is 18.3 Å². The van der Waals surface area contributed by atoms with E-state index in [1.54, 1.807) is 13.8 Å². The lowest BCUT2D eigenvalue weighted by atomic mass is 10.0. The number of nitrogens with one attached hydrogen (secondary N) is 1. The molecule has 0 aromatic carbocycles. The number of rotatable bonds is 6. The standard InChI is InChI=1S/C18H27N5O4S/c1-3-28(25,26)23-9-6-14(7-10-23)21-17-20-12-13(11-19)16(22-17)27-15-5-4-8-18(15,2)24/h12,14-15,24H,3-10H2,1-2H3,(H,20,21,22). The van der Waals surface area contributed by atoms with Crippen molar-refractivity contribution in [2.24, 2.45) is 0 Å². The monoisotopic (exact) mass is 409 g/mol. The maximum absolute atomic E-state index is 12.0. The third-order valence-corrected chi connectivity index (χ3v) is 7.40. The first kappa shape index (κ1) is 20.8. The van der Waals surface area contributed by atoms with Crippen molar-refractivity contribution in [3.05, 3.63) is 11.8 Å². The fourth-order valence-corrected chi connectivity index (χ4v) is 4.82. The van der Waals surface area contributed by atoms with Gasteiger partial charge in [-0.3, -0.25) is 0 Å². The van der Waals surface area contributed by atoms with Gasteiger partial charge in [0.05, 0.1) is 17.6 Å². The first-order valence-electron chi connectivity index (χ1n) is 9.65. The molecule has 1 aromatic rings. The Kier molecular flexibility index (Phi) is 6.07. The van der Waals surface area contributed by atoms with E-state index in [-0.39, 0.29) is 23.2 Å². The summed E-state index contributed by atoms with van der Waals surface area (Å²) in [6.45, 7) is 4.29. The first-order chi connectivity index (χ1) is 13.2. The van der Waals surface area contributed by atoms with Gasteiger partial charge in [-0.2, -0.15) is 10.2 Å². The van der Waals surface area contributed by atoms with E-state index >= 15 is 0 Å². The Hall–Kier alpha value is -1.96. The van der Waals surface area contributed by atoms with Crippen LogP contribution in [-0.2, 0) is 10.0 Å². The lowest BCUT2D eigenvalue weighted by Crippen LogP contribution is -2.43. The molecular formula is C18H27N5O4S. The number of hydrogen-bond acceptors (Lipinski definition) is 8. The molecule has 2 unspecified atom stereocenters. The summed E-state index contributed by atoms with van der Waals surface area (Å²) in [5, 5.41) is 22.9. The molecule has 154 valence electrons. The number of sulfonamides is 1. The number of nitriles is 1. The van der Waals surface area contributed by atoms with Crippen LogP contribution in [0.4, 0.5) is 5.95 Å². The van der Waals surface area contributed by atoms with Gasteiger partial charge in [-0.1, -0.05) is 0 Å². The predicted octanol–water partition coefficient (Wildman–Crippen LogP) is 1.26. The van der Waals surface area contributed by atoms with Crippen molar-refractivity contribution >= 4 is 16.0 Å². The van der Waals surface area contributed by atoms with Crippen molar-refractivity contribution in [1.29, 1.82) is 5.26 Å². The summed E-state index contributed by atoms with van der Waals surface area (Å²) in [4.78, 5) is 8.52. The summed E-state index contributed by atoms with van der Waals surface area (Å²) in [5.41, 5.74) is -0.722. The van der Waals surface area contributed by atoms with Crippen LogP contribution in [0.5, 0.6) is 5.88 Å². The molecule has 28 heavy (non-hydrogen) atoms. The number of hydrogen-bond donors (Lipinski definition) is 2. The average molecular weight is 410 g/mol. The molecule has 0 amide bonds. The van der Waals surface area contributed by atoms with Crippen molar-refractivity contribution in [1.82, 2.24) is 14.3 Å². The minimum atomic E-state index is -3.16. The Labute approximate surface area is 165 Å². The molecule has 1 aliphatic carbocycles. The van der Waals surface area contributed by atoms with Gasteiger partial charge < -0.3 is 15.2 Å². The van der Waals surface area contributed by atoms with Crippen molar-refractivity contribution in [3.63, 3.8) is 0 Å². The second kappa shape index (κ2) is 8.19. The van der Waals surface area contributed by atoms with Crippen molar-refractivity contribution in [2.75, 3.05) is 24.2 Å². The minimum absolute atomic E-state index is 0.0404. The quantitative estimate of drug-likeness (QED) is 0.718. The predicted molar refractivity (Wildman–Crippen MR) is 103 cm³/mol. The van der Waals surface area contributed by atoms with Crippen LogP contribution in [0.25, 0.3) is 0 Å². The summed E-state index contributed by atoms with van der Waals surface area (Å²) in [6, 6.07) is 2.06. The summed E-state index contributed by atoms with van der Waals surface area (Å²) >= 11 is 0. The molecule has 0 bridgehead atoms. The third-order valence-electron chi connectivity index (χ3n) is 5.52. The molecule has 3 rings (SSSR count). The van der Waals surface area contributed by atoms with Crippen LogP contribution in [0, 0.1) is 11.3 Å². The highest BCUT2D eigenvalue weighted by Gasteiger charge is 2.39. The molecular weight excluding hydrogens is 382 g/mol. The Bertz CT molecular complexity index is 844. The summed E-state index contributed by atoms with van der Waals surface area (Å²) in [6.07, 6.45) is 4.50. The fourth-order valence-electron chi connectivity index (χ4n) is 3.68. The average Bonchev–Trinajstić information content (AvgIpc) is 3.00. The zero-order valence-electron chi connectivity index (χ0n) is 16.3. The normalized spacial score (nSPS) is 26.7. The molecule has 0 radical (unpaired) electrons. The molecule has 1 aliphatic heterocycles. The number of aliphatic hydroxyl groups is 1. The minimum Gasteiger partial charge on any atom is -0.470 e. The van der Waals surface area contributed by atoms with E-state index in [1.165, 1.54) is 10.5 Å². The Balaban J connectivity index is 1.66. The molecule has 1 saturated heterocycles. The van der Waals surface area contributed by atoms with E-state index in [2.05, 4.69) is 15.3 Å². The molecule has 10 heteroatoms. The molecule has 2 N–H and O–H groups in total. The Morgan fingerprint density at radius 2 is 2.14 bits per heavy atom. The van der Waals surface area contributed by atoms with Gasteiger partial charge in [-0.05, 0) is 46.0 Å². The lowest BCUT2D eigenvalue weighted by Gasteiger charge is -2.31. The van der Waals surface area contributed by atoms with E-state index in [4.69, 9.17) is 4.74 Å². The van der Waals surface area contributed by atoms with Gasteiger partial charge in [-0.15, -0.1) is 0 Å². The summed E-state index contributed by atoms with van der Waals surface area (Å²) < 4.78 is 31.3. The van der Waals surface area contributed by atoms with Gasteiger partial charge in [-0.25, -0.2) is 17.7 Å². The van der Waals surface area contributed by atoms with Gasteiger partial charge in [0.2, 0.25) is 21.9 Å². The number of piperidine rings is 1. The number of aromatic nitrogens is 2. The molecule has 2 aliphatic rings. The van der Waals surface area contributed by atoms with Crippen LogP contribution in [0.2, 0.25) is 0 Å². The van der Waals surface area contributed by atoms with Gasteiger partial charge in [0.1, 0.15) is 17.7 Å². The lowest BCUT2D eigenvalue weighted by molar-refractivity contribution is -0.0271. The molecule has 1 aromatic heterocycles. The van der Waals surface area contributed by atoms with Gasteiger partial charge in [0, 0.05) is 19.1 Å². The molecule has 0 spiro atoms. The van der Waals surface area contributed by atoms with E-state index in [0.717, 1.165) is 6.42 Å².